The number of carbonyl (C=O) groups is 1. The monoisotopic (exact) mass is 402 g/mol. The molecule has 0 spiro atoms. The number of carbonyl (C=O) groups excluding carboxylic acids is 1. The van der Waals surface area contributed by atoms with E-state index in [9.17, 15) is 18.8 Å². The van der Waals surface area contributed by atoms with E-state index in [-0.39, 0.29) is 23.7 Å². The fourth-order valence-corrected chi connectivity index (χ4v) is 2.39. The number of hydrogen-bond donors (Lipinski definition) is 0. The number of nitrogens with zero attached hydrogens (tertiary/aromatic N) is 2. The van der Waals surface area contributed by atoms with Gasteiger partial charge >= 0.3 is 12.6 Å². The van der Waals surface area contributed by atoms with Crippen LogP contribution in [0.25, 0.3) is 6.08 Å². The van der Waals surface area contributed by atoms with Crippen LogP contribution in [0.2, 0.25) is 0 Å². The van der Waals surface area contributed by atoms with Crippen LogP contribution in [0.5, 0.6) is 11.5 Å². The number of hydrogen-bond acceptors (Lipinski definition) is 6. The van der Waals surface area contributed by atoms with E-state index in [4.69, 9.17) is 9.47 Å². The minimum atomic E-state index is -2.98. The summed E-state index contributed by atoms with van der Waals surface area (Å²) in [6.07, 6.45) is 1.43. The van der Waals surface area contributed by atoms with Gasteiger partial charge in [-0.2, -0.15) is 14.0 Å². The largest absolute Gasteiger partial charge is 0.493 e. The van der Waals surface area contributed by atoms with Crippen LogP contribution in [0.1, 0.15) is 11.1 Å². The van der Waals surface area contributed by atoms with E-state index < -0.39 is 12.6 Å². The van der Waals surface area contributed by atoms with Crippen LogP contribution in [0.15, 0.2) is 48.0 Å². The molecule has 0 aliphatic carbocycles. The highest BCUT2D eigenvalue weighted by Gasteiger charge is 2.14. The minimum Gasteiger partial charge on any atom is -0.493 e. The van der Waals surface area contributed by atoms with Crippen LogP contribution in [0.4, 0.5) is 14.5 Å². The van der Waals surface area contributed by atoms with Crippen LogP contribution in [-0.4, -0.2) is 33.8 Å². The standard InChI is InChI=1S/C21H20F2N2O4/c1-25(2)17-7-4-14(5-8-17)10-16(12-24)20(26)28-13-15-6-9-18(29-21(22)23)19(11-15)27-3/h4-11,21H,13H2,1-3H3/b16-10+. The quantitative estimate of drug-likeness (QED) is 0.377. The molecule has 2 aromatic rings. The molecule has 6 nitrogen and oxygen atoms in total. The van der Waals surface area contributed by atoms with E-state index in [1.54, 1.807) is 12.1 Å². The lowest BCUT2D eigenvalue weighted by molar-refractivity contribution is -0.139. The number of alkyl halides is 2. The molecule has 0 saturated heterocycles. The molecule has 0 aliphatic rings. The van der Waals surface area contributed by atoms with Crippen LogP contribution in [0, 0.1) is 11.3 Å². The molecule has 0 aromatic heterocycles. The second kappa shape index (κ2) is 10.1. The molecule has 0 bridgehead atoms. The van der Waals surface area contributed by atoms with Crippen molar-refractivity contribution in [2.24, 2.45) is 0 Å². The second-order valence-electron chi connectivity index (χ2n) is 6.10. The molecule has 152 valence electrons. The predicted octanol–water partition coefficient (Wildman–Crippen LogP) is 4.01. The SMILES string of the molecule is COc1cc(COC(=O)/C(C#N)=C/c2ccc(N(C)C)cc2)ccc1OC(F)F. The van der Waals surface area contributed by atoms with Gasteiger partial charge in [0.15, 0.2) is 11.5 Å². The fourth-order valence-electron chi connectivity index (χ4n) is 2.39. The van der Waals surface area contributed by atoms with E-state index in [0.717, 1.165) is 5.69 Å². The van der Waals surface area contributed by atoms with E-state index in [2.05, 4.69) is 4.74 Å². The van der Waals surface area contributed by atoms with Crippen LogP contribution in [0.3, 0.4) is 0 Å². The lowest BCUT2D eigenvalue weighted by Crippen LogP contribution is -2.08. The van der Waals surface area contributed by atoms with E-state index in [0.29, 0.717) is 11.1 Å². The third-order valence-corrected chi connectivity index (χ3v) is 3.87. The second-order valence-corrected chi connectivity index (χ2v) is 6.10. The van der Waals surface area contributed by atoms with Gasteiger partial charge in [-0.3, -0.25) is 0 Å². The Hall–Kier alpha value is -3.60. The van der Waals surface area contributed by atoms with Crippen molar-refractivity contribution in [3.63, 3.8) is 0 Å². The van der Waals surface area contributed by atoms with Crippen LogP contribution >= 0.6 is 0 Å². The van der Waals surface area contributed by atoms with Gasteiger partial charge in [-0.25, -0.2) is 4.79 Å². The highest BCUT2D eigenvalue weighted by molar-refractivity contribution is 5.97. The van der Waals surface area contributed by atoms with Crippen molar-refractivity contribution < 1.29 is 27.8 Å². The van der Waals surface area contributed by atoms with E-state index in [1.807, 2.05) is 37.2 Å². The van der Waals surface area contributed by atoms with Gasteiger partial charge in [-0.1, -0.05) is 18.2 Å². The van der Waals surface area contributed by atoms with Crippen LogP contribution < -0.4 is 14.4 Å². The Labute approximate surface area is 167 Å². The van der Waals surface area contributed by atoms with Gasteiger partial charge in [0, 0.05) is 19.8 Å². The molecule has 0 radical (unpaired) electrons. The summed E-state index contributed by atoms with van der Waals surface area (Å²) in [5.74, 6) is -0.844. The molecule has 0 fully saturated rings. The van der Waals surface area contributed by atoms with Gasteiger partial charge in [0.1, 0.15) is 18.2 Å². The Bertz CT molecular complexity index is 919. The Morgan fingerprint density at radius 2 is 1.86 bits per heavy atom. The molecule has 0 amide bonds. The molecule has 0 unspecified atom stereocenters. The maximum absolute atomic E-state index is 12.4. The fraction of sp³-hybridized carbons (Fsp3) is 0.238. The number of rotatable bonds is 8. The van der Waals surface area contributed by atoms with Crippen LogP contribution in [-0.2, 0) is 16.1 Å². The van der Waals surface area contributed by atoms with Crippen molar-refractivity contribution in [2.75, 3.05) is 26.1 Å². The summed E-state index contributed by atoms with van der Waals surface area (Å²) in [4.78, 5) is 14.1. The molecule has 2 rings (SSSR count). The average molecular weight is 402 g/mol. The van der Waals surface area contributed by atoms with Gasteiger partial charge in [0.25, 0.3) is 0 Å². The van der Waals surface area contributed by atoms with Gasteiger partial charge in [-0.05, 0) is 41.5 Å². The van der Waals surface area contributed by atoms with E-state index in [1.165, 1.54) is 31.4 Å². The number of benzene rings is 2. The molecule has 29 heavy (non-hydrogen) atoms. The zero-order chi connectivity index (χ0) is 21.4. The summed E-state index contributed by atoms with van der Waals surface area (Å²) in [5, 5.41) is 9.27. The van der Waals surface area contributed by atoms with Crippen molar-refractivity contribution in [1.29, 1.82) is 5.26 Å². The topological polar surface area (TPSA) is 71.8 Å². The van der Waals surface area contributed by atoms with Crippen molar-refractivity contribution >= 4 is 17.7 Å². The summed E-state index contributed by atoms with van der Waals surface area (Å²) in [7, 11) is 5.12. The van der Waals surface area contributed by atoms with Crippen molar-refractivity contribution in [3.8, 4) is 17.6 Å². The summed E-state index contributed by atoms with van der Waals surface area (Å²) < 4.78 is 39.2. The molecule has 0 aliphatic heterocycles. The van der Waals surface area contributed by atoms with E-state index >= 15 is 0 Å². The first kappa shape index (κ1) is 21.7. The van der Waals surface area contributed by atoms with Crippen molar-refractivity contribution in [1.82, 2.24) is 0 Å². The lowest BCUT2D eigenvalue weighted by atomic mass is 10.1. The third kappa shape index (κ3) is 6.21. The third-order valence-electron chi connectivity index (χ3n) is 3.87. The Morgan fingerprint density at radius 3 is 2.41 bits per heavy atom. The molecule has 2 aromatic carbocycles. The minimum absolute atomic E-state index is 0.0795. The van der Waals surface area contributed by atoms with Gasteiger partial charge in [0.05, 0.1) is 7.11 Å². The highest BCUT2D eigenvalue weighted by atomic mass is 19.3. The molecule has 0 N–H and O–H groups in total. The summed E-state index contributed by atoms with van der Waals surface area (Å²) in [6.45, 7) is -3.15. The Balaban J connectivity index is 2.07. The van der Waals surface area contributed by atoms with Gasteiger partial charge < -0.3 is 19.1 Å². The van der Waals surface area contributed by atoms with Gasteiger partial charge in [-0.15, -0.1) is 0 Å². The summed E-state index contributed by atoms with van der Waals surface area (Å²) in [6, 6.07) is 13.3. The Kier molecular flexibility index (Phi) is 7.54. The number of halogens is 2. The first-order valence-corrected chi connectivity index (χ1v) is 8.52. The number of nitriles is 1. The Morgan fingerprint density at radius 1 is 1.17 bits per heavy atom. The normalized spacial score (nSPS) is 11.0. The molecular weight excluding hydrogens is 382 g/mol. The number of anilines is 1. The maximum atomic E-state index is 12.4. The summed E-state index contributed by atoms with van der Waals surface area (Å²) in [5.41, 5.74) is 1.99. The lowest BCUT2D eigenvalue weighted by Gasteiger charge is -2.12. The van der Waals surface area contributed by atoms with Crippen molar-refractivity contribution in [3.05, 3.63) is 59.2 Å². The number of ether oxygens (including phenoxy) is 3. The number of methoxy groups -OCH3 is 1. The first-order chi connectivity index (χ1) is 13.8. The number of esters is 1. The van der Waals surface area contributed by atoms with Crippen molar-refractivity contribution in [2.45, 2.75) is 13.2 Å². The molecule has 0 saturated carbocycles. The molecular formula is C21H20F2N2O4. The zero-order valence-electron chi connectivity index (χ0n) is 16.2. The smallest absolute Gasteiger partial charge is 0.387 e. The maximum Gasteiger partial charge on any atom is 0.387 e. The zero-order valence-corrected chi connectivity index (χ0v) is 16.2. The summed E-state index contributed by atoms with van der Waals surface area (Å²) >= 11 is 0. The van der Waals surface area contributed by atoms with Gasteiger partial charge in [0.2, 0.25) is 0 Å². The first-order valence-electron chi connectivity index (χ1n) is 8.52. The molecule has 0 heterocycles. The highest BCUT2D eigenvalue weighted by Crippen LogP contribution is 2.29. The molecule has 0 atom stereocenters. The average Bonchev–Trinajstić information content (AvgIpc) is 2.70. The molecule has 8 heteroatoms. The predicted molar refractivity (Wildman–Crippen MR) is 104 cm³/mol.